The number of likely N-dealkylation sites (N-methyl/N-ethyl adjacent to an activating group) is 1. The number of hydrogen-bond acceptors (Lipinski definition) is 3. The Kier molecular flexibility index (Phi) is 3.42. The van der Waals surface area contributed by atoms with Gasteiger partial charge < -0.3 is 10.1 Å². The summed E-state index contributed by atoms with van der Waals surface area (Å²) in [6, 6.07) is 1.39. The predicted octanol–water partition coefficient (Wildman–Crippen LogP) is 0.848. The first-order valence-corrected chi connectivity index (χ1v) is 5.79. The van der Waals surface area contributed by atoms with E-state index in [2.05, 4.69) is 17.3 Å². The predicted molar refractivity (Wildman–Crippen MR) is 57.5 cm³/mol. The second-order valence-corrected chi connectivity index (χ2v) is 4.54. The molecule has 3 heteroatoms. The second-order valence-electron chi connectivity index (χ2n) is 4.54. The number of hydrogen-bond donors (Lipinski definition) is 1. The molecular weight excluding hydrogens is 176 g/mol. The summed E-state index contributed by atoms with van der Waals surface area (Å²) in [5.41, 5.74) is 0. The molecular formula is C11H22N2O. The summed E-state index contributed by atoms with van der Waals surface area (Å²) in [6.45, 7) is 2.46. The summed E-state index contributed by atoms with van der Waals surface area (Å²) in [6.07, 6.45) is 5.70. The smallest absolute Gasteiger partial charge is 0.0726 e. The molecule has 14 heavy (non-hydrogen) atoms. The maximum atomic E-state index is 5.54. The lowest BCUT2D eigenvalue weighted by Gasteiger charge is -2.28. The molecule has 0 aromatic heterocycles. The van der Waals surface area contributed by atoms with Gasteiger partial charge in [0.15, 0.2) is 0 Å². The van der Waals surface area contributed by atoms with Crippen LogP contribution in [0.5, 0.6) is 0 Å². The number of ether oxygens (including phenoxy) is 1. The molecule has 0 amide bonds. The average Bonchev–Trinajstić information content (AvgIpc) is 2.85. The lowest BCUT2D eigenvalue weighted by atomic mass is 10.2. The van der Waals surface area contributed by atoms with E-state index < -0.39 is 0 Å². The summed E-state index contributed by atoms with van der Waals surface area (Å²) in [5, 5.41) is 3.37. The molecule has 2 fully saturated rings. The minimum absolute atomic E-state index is 0.491. The fourth-order valence-corrected chi connectivity index (χ4v) is 2.92. The maximum Gasteiger partial charge on any atom is 0.0726 e. The van der Waals surface area contributed by atoms with Crippen molar-refractivity contribution in [2.24, 2.45) is 0 Å². The summed E-state index contributed by atoms with van der Waals surface area (Å²) in [4.78, 5) is 2.61. The number of nitrogens with zero attached hydrogens (tertiary/aromatic N) is 1. The van der Waals surface area contributed by atoms with Gasteiger partial charge in [0, 0.05) is 32.3 Å². The van der Waals surface area contributed by atoms with Crippen LogP contribution in [-0.4, -0.2) is 50.3 Å². The summed E-state index contributed by atoms with van der Waals surface area (Å²) < 4.78 is 5.54. The Morgan fingerprint density at radius 2 is 2.14 bits per heavy atom. The lowest BCUT2D eigenvalue weighted by Crippen LogP contribution is -2.41. The monoisotopic (exact) mass is 198 g/mol. The van der Waals surface area contributed by atoms with Crippen molar-refractivity contribution < 1.29 is 4.74 Å². The van der Waals surface area contributed by atoms with Crippen molar-refractivity contribution in [1.82, 2.24) is 10.2 Å². The van der Waals surface area contributed by atoms with Crippen LogP contribution >= 0.6 is 0 Å². The first-order chi connectivity index (χ1) is 6.85. The number of nitrogens with one attached hydrogen (secondary N) is 1. The number of likely N-dealkylation sites (tertiary alicyclic amines) is 1. The van der Waals surface area contributed by atoms with Crippen LogP contribution in [0.3, 0.4) is 0 Å². The first-order valence-electron chi connectivity index (χ1n) is 5.79. The van der Waals surface area contributed by atoms with Gasteiger partial charge in [0.05, 0.1) is 6.10 Å². The molecule has 0 aromatic carbocycles. The van der Waals surface area contributed by atoms with Crippen molar-refractivity contribution >= 4 is 0 Å². The Hall–Kier alpha value is -0.120. The van der Waals surface area contributed by atoms with Crippen molar-refractivity contribution in [3.63, 3.8) is 0 Å². The van der Waals surface area contributed by atoms with Crippen molar-refractivity contribution in [3.05, 3.63) is 0 Å². The Labute approximate surface area is 86.8 Å². The van der Waals surface area contributed by atoms with Crippen LogP contribution in [-0.2, 0) is 4.74 Å². The number of rotatable bonds is 3. The number of methoxy groups -OCH3 is 1. The van der Waals surface area contributed by atoms with Gasteiger partial charge in [-0.05, 0) is 32.7 Å². The molecule has 1 N–H and O–H groups in total. The highest BCUT2D eigenvalue weighted by atomic mass is 16.5. The molecule has 3 nitrogen and oxygen atoms in total. The highest BCUT2D eigenvalue weighted by Crippen LogP contribution is 2.28. The van der Waals surface area contributed by atoms with Crippen LogP contribution < -0.4 is 5.32 Å². The fourth-order valence-electron chi connectivity index (χ4n) is 2.92. The van der Waals surface area contributed by atoms with Gasteiger partial charge in [-0.2, -0.15) is 0 Å². The van der Waals surface area contributed by atoms with E-state index in [4.69, 9.17) is 4.74 Å². The van der Waals surface area contributed by atoms with Crippen LogP contribution in [0.25, 0.3) is 0 Å². The third-order valence-corrected chi connectivity index (χ3v) is 3.82. The topological polar surface area (TPSA) is 24.5 Å². The Morgan fingerprint density at radius 1 is 1.29 bits per heavy atom. The van der Waals surface area contributed by atoms with E-state index in [1.54, 1.807) is 0 Å². The molecule has 0 aromatic rings. The summed E-state index contributed by atoms with van der Waals surface area (Å²) in [7, 11) is 3.92. The third-order valence-electron chi connectivity index (χ3n) is 3.82. The molecule has 1 aliphatic heterocycles. The van der Waals surface area contributed by atoms with Crippen molar-refractivity contribution in [3.8, 4) is 0 Å². The van der Waals surface area contributed by atoms with E-state index in [9.17, 15) is 0 Å². The van der Waals surface area contributed by atoms with Crippen LogP contribution in [0, 0.1) is 0 Å². The SMILES string of the molecule is CNC1CCN(C2CCCC2OC)C1. The van der Waals surface area contributed by atoms with Gasteiger partial charge in [0.1, 0.15) is 0 Å². The highest BCUT2D eigenvalue weighted by molar-refractivity contribution is 4.91. The Balaban J connectivity index is 1.89. The summed E-state index contributed by atoms with van der Waals surface area (Å²) in [5.74, 6) is 0. The zero-order chi connectivity index (χ0) is 9.97. The normalized spacial score (nSPS) is 39.4. The summed E-state index contributed by atoms with van der Waals surface area (Å²) >= 11 is 0. The largest absolute Gasteiger partial charge is 0.380 e. The molecule has 82 valence electrons. The molecule has 0 bridgehead atoms. The average molecular weight is 198 g/mol. The van der Waals surface area contributed by atoms with Crippen LogP contribution in [0.4, 0.5) is 0 Å². The zero-order valence-corrected chi connectivity index (χ0v) is 9.33. The van der Waals surface area contributed by atoms with E-state index in [-0.39, 0.29) is 0 Å². The highest BCUT2D eigenvalue weighted by Gasteiger charge is 2.35. The van der Waals surface area contributed by atoms with Crippen LogP contribution in [0.15, 0.2) is 0 Å². The van der Waals surface area contributed by atoms with Crippen LogP contribution in [0.1, 0.15) is 25.7 Å². The molecule has 1 aliphatic carbocycles. The Bertz CT molecular complexity index is 186. The van der Waals surface area contributed by atoms with Gasteiger partial charge >= 0.3 is 0 Å². The molecule has 0 radical (unpaired) electrons. The van der Waals surface area contributed by atoms with Gasteiger partial charge in [0.25, 0.3) is 0 Å². The molecule has 3 atom stereocenters. The van der Waals surface area contributed by atoms with E-state index >= 15 is 0 Å². The zero-order valence-electron chi connectivity index (χ0n) is 9.33. The van der Waals surface area contributed by atoms with Crippen molar-refractivity contribution in [2.75, 3.05) is 27.2 Å². The van der Waals surface area contributed by atoms with Gasteiger partial charge in [-0.15, -0.1) is 0 Å². The molecule has 2 rings (SSSR count). The van der Waals surface area contributed by atoms with E-state index in [1.807, 2.05) is 7.11 Å². The lowest BCUT2D eigenvalue weighted by molar-refractivity contribution is 0.0416. The van der Waals surface area contributed by atoms with Crippen molar-refractivity contribution in [1.29, 1.82) is 0 Å². The second kappa shape index (κ2) is 4.60. The van der Waals surface area contributed by atoms with E-state index in [0.29, 0.717) is 18.2 Å². The van der Waals surface area contributed by atoms with Crippen molar-refractivity contribution in [2.45, 2.75) is 43.9 Å². The quantitative estimate of drug-likeness (QED) is 0.727. The maximum absolute atomic E-state index is 5.54. The third kappa shape index (κ3) is 1.95. The molecule has 3 unspecified atom stereocenters. The minimum Gasteiger partial charge on any atom is -0.380 e. The molecule has 0 spiro atoms. The molecule has 1 heterocycles. The van der Waals surface area contributed by atoms with Gasteiger partial charge in [0.2, 0.25) is 0 Å². The molecule has 1 saturated heterocycles. The fraction of sp³-hybridized carbons (Fsp3) is 1.00. The van der Waals surface area contributed by atoms with E-state index in [1.165, 1.54) is 38.8 Å². The van der Waals surface area contributed by atoms with Crippen LogP contribution in [0.2, 0.25) is 0 Å². The molecule has 1 saturated carbocycles. The van der Waals surface area contributed by atoms with Gasteiger partial charge in [-0.25, -0.2) is 0 Å². The Morgan fingerprint density at radius 3 is 2.79 bits per heavy atom. The minimum atomic E-state index is 0.491. The van der Waals surface area contributed by atoms with E-state index in [0.717, 1.165) is 0 Å². The first kappa shape index (κ1) is 10.4. The molecule has 2 aliphatic rings. The van der Waals surface area contributed by atoms with Gasteiger partial charge in [-0.3, -0.25) is 4.90 Å². The van der Waals surface area contributed by atoms with Gasteiger partial charge in [-0.1, -0.05) is 0 Å². The standard InChI is InChI=1S/C11H22N2O/c1-12-9-6-7-13(8-9)10-4-3-5-11(10)14-2/h9-12H,3-8H2,1-2H3.